The number of aliphatic hydroxyl groups excluding tert-OH is 1. The highest BCUT2D eigenvalue weighted by Crippen LogP contribution is 2.09. The smallest absolute Gasteiger partial charge is 0.239 e. The highest BCUT2D eigenvalue weighted by Gasteiger charge is 2.26. The third-order valence-electron chi connectivity index (χ3n) is 3.56. The van der Waals surface area contributed by atoms with E-state index < -0.39 is 6.04 Å². The SMILES string of the molecule is N[C@@H](CCc1ccccc1)C(=O)N1CCOC(CO)C1. The number of rotatable bonds is 5. The maximum atomic E-state index is 12.2. The number of nitrogens with two attached hydrogens (primary N) is 1. The molecular weight excluding hydrogens is 256 g/mol. The molecule has 0 aromatic heterocycles. The molecule has 1 unspecified atom stereocenters. The van der Waals surface area contributed by atoms with E-state index in [1.54, 1.807) is 4.90 Å². The van der Waals surface area contributed by atoms with Crippen molar-refractivity contribution in [3.63, 3.8) is 0 Å². The van der Waals surface area contributed by atoms with Crippen molar-refractivity contribution in [3.05, 3.63) is 35.9 Å². The predicted molar refractivity (Wildman–Crippen MR) is 76.1 cm³/mol. The molecule has 2 rings (SSSR count). The molecule has 1 aromatic rings. The van der Waals surface area contributed by atoms with Crippen molar-refractivity contribution in [3.8, 4) is 0 Å². The van der Waals surface area contributed by atoms with Crippen molar-refractivity contribution in [1.82, 2.24) is 4.90 Å². The van der Waals surface area contributed by atoms with Crippen LogP contribution in [0.15, 0.2) is 30.3 Å². The monoisotopic (exact) mass is 278 g/mol. The van der Waals surface area contributed by atoms with Crippen LogP contribution in [0, 0.1) is 0 Å². The Bertz CT molecular complexity index is 424. The molecule has 0 radical (unpaired) electrons. The van der Waals surface area contributed by atoms with Gasteiger partial charge in [-0.15, -0.1) is 0 Å². The number of carbonyl (C=O) groups excluding carboxylic acids is 1. The van der Waals surface area contributed by atoms with E-state index in [-0.39, 0.29) is 18.6 Å². The molecular formula is C15H22N2O3. The summed E-state index contributed by atoms with van der Waals surface area (Å²) in [5, 5.41) is 9.09. The van der Waals surface area contributed by atoms with Gasteiger partial charge in [0.05, 0.1) is 25.4 Å². The molecule has 5 nitrogen and oxygen atoms in total. The number of benzene rings is 1. The number of aryl methyl sites for hydroxylation is 1. The van der Waals surface area contributed by atoms with Gasteiger partial charge in [0.25, 0.3) is 0 Å². The van der Waals surface area contributed by atoms with Crippen LogP contribution in [0.25, 0.3) is 0 Å². The number of amides is 1. The quantitative estimate of drug-likeness (QED) is 0.805. The van der Waals surface area contributed by atoms with E-state index in [4.69, 9.17) is 15.6 Å². The first-order valence-corrected chi connectivity index (χ1v) is 7.01. The van der Waals surface area contributed by atoms with Gasteiger partial charge in [-0.3, -0.25) is 4.79 Å². The summed E-state index contributed by atoms with van der Waals surface area (Å²) in [4.78, 5) is 13.9. The van der Waals surface area contributed by atoms with Crippen LogP contribution in [0.3, 0.4) is 0 Å². The molecule has 1 aliphatic heterocycles. The van der Waals surface area contributed by atoms with Gasteiger partial charge < -0.3 is 20.5 Å². The Labute approximate surface area is 119 Å². The maximum absolute atomic E-state index is 12.2. The predicted octanol–water partition coefficient (Wildman–Crippen LogP) is 0.166. The van der Waals surface area contributed by atoms with Crippen molar-refractivity contribution in [2.75, 3.05) is 26.3 Å². The molecule has 1 fully saturated rings. The Hall–Kier alpha value is -1.43. The standard InChI is InChI=1S/C15H22N2O3/c16-14(7-6-12-4-2-1-3-5-12)15(19)17-8-9-20-13(10-17)11-18/h1-5,13-14,18H,6-11,16H2/t13?,14-/m0/s1. The van der Waals surface area contributed by atoms with Crippen molar-refractivity contribution in [1.29, 1.82) is 0 Å². The molecule has 0 bridgehead atoms. The van der Waals surface area contributed by atoms with Crippen LogP contribution in [0.2, 0.25) is 0 Å². The molecule has 2 atom stereocenters. The van der Waals surface area contributed by atoms with Crippen LogP contribution in [0.1, 0.15) is 12.0 Å². The van der Waals surface area contributed by atoms with Gasteiger partial charge in [-0.05, 0) is 18.4 Å². The number of ether oxygens (including phenoxy) is 1. The lowest BCUT2D eigenvalue weighted by Gasteiger charge is -2.33. The van der Waals surface area contributed by atoms with E-state index in [9.17, 15) is 4.79 Å². The normalized spacial score (nSPS) is 20.7. The summed E-state index contributed by atoms with van der Waals surface area (Å²) in [5.74, 6) is -0.0531. The Morgan fingerprint density at radius 1 is 1.45 bits per heavy atom. The lowest BCUT2D eigenvalue weighted by Crippen LogP contribution is -2.52. The van der Waals surface area contributed by atoms with E-state index in [0.717, 1.165) is 6.42 Å². The number of nitrogens with zero attached hydrogens (tertiary/aromatic N) is 1. The van der Waals surface area contributed by atoms with Gasteiger partial charge in [0.1, 0.15) is 0 Å². The van der Waals surface area contributed by atoms with Gasteiger partial charge >= 0.3 is 0 Å². The minimum Gasteiger partial charge on any atom is -0.394 e. The lowest BCUT2D eigenvalue weighted by molar-refractivity contribution is -0.141. The van der Waals surface area contributed by atoms with Crippen LogP contribution < -0.4 is 5.73 Å². The van der Waals surface area contributed by atoms with Gasteiger partial charge in [-0.2, -0.15) is 0 Å². The second-order valence-corrected chi connectivity index (χ2v) is 5.09. The van der Waals surface area contributed by atoms with Crippen molar-refractivity contribution >= 4 is 5.91 Å². The largest absolute Gasteiger partial charge is 0.394 e. The zero-order valence-electron chi connectivity index (χ0n) is 11.6. The summed E-state index contributed by atoms with van der Waals surface area (Å²) >= 11 is 0. The number of hydrogen-bond donors (Lipinski definition) is 2. The van der Waals surface area contributed by atoms with Crippen molar-refractivity contribution in [2.45, 2.75) is 25.0 Å². The van der Waals surface area contributed by atoms with Crippen LogP contribution in [0.4, 0.5) is 0 Å². The first-order valence-electron chi connectivity index (χ1n) is 7.01. The molecule has 0 spiro atoms. The third kappa shape index (κ3) is 4.03. The average Bonchev–Trinajstić information content (AvgIpc) is 2.53. The van der Waals surface area contributed by atoms with Gasteiger partial charge in [0.15, 0.2) is 0 Å². The minimum atomic E-state index is -0.493. The lowest BCUT2D eigenvalue weighted by atomic mass is 10.0. The van der Waals surface area contributed by atoms with Crippen LogP contribution in [-0.4, -0.2) is 54.4 Å². The van der Waals surface area contributed by atoms with E-state index in [0.29, 0.717) is 26.1 Å². The first kappa shape index (κ1) is 15.0. The Morgan fingerprint density at radius 2 is 2.20 bits per heavy atom. The van der Waals surface area contributed by atoms with Gasteiger partial charge in [0.2, 0.25) is 5.91 Å². The molecule has 5 heteroatoms. The first-order chi connectivity index (χ1) is 9.70. The fourth-order valence-electron chi connectivity index (χ4n) is 2.35. The second kappa shape index (κ2) is 7.38. The molecule has 0 saturated carbocycles. The number of hydrogen-bond acceptors (Lipinski definition) is 4. The van der Waals surface area contributed by atoms with Crippen molar-refractivity contribution in [2.24, 2.45) is 5.73 Å². The molecule has 1 aliphatic rings. The number of carbonyl (C=O) groups is 1. The second-order valence-electron chi connectivity index (χ2n) is 5.09. The average molecular weight is 278 g/mol. The van der Waals surface area contributed by atoms with Crippen molar-refractivity contribution < 1.29 is 14.6 Å². The summed E-state index contributed by atoms with van der Waals surface area (Å²) < 4.78 is 5.33. The molecule has 20 heavy (non-hydrogen) atoms. The van der Waals surface area contributed by atoms with E-state index >= 15 is 0 Å². The Kier molecular flexibility index (Phi) is 5.52. The molecule has 1 saturated heterocycles. The van der Waals surface area contributed by atoms with E-state index in [2.05, 4.69) is 0 Å². The molecule has 1 heterocycles. The zero-order valence-corrected chi connectivity index (χ0v) is 11.6. The summed E-state index contributed by atoms with van der Waals surface area (Å²) in [5.41, 5.74) is 7.17. The fourth-order valence-corrected chi connectivity index (χ4v) is 2.35. The van der Waals surface area contributed by atoms with Gasteiger partial charge in [-0.25, -0.2) is 0 Å². The third-order valence-corrected chi connectivity index (χ3v) is 3.56. The van der Waals surface area contributed by atoms with E-state index in [1.807, 2.05) is 30.3 Å². The highest BCUT2D eigenvalue weighted by molar-refractivity contribution is 5.81. The summed E-state index contributed by atoms with van der Waals surface area (Å²) in [6.45, 7) is 1.37. The fraction of sp³-hybridized carbons (Fsp3) is 0.533. The summed E-state index contributed by atoms with van der Waals surface area (Å²) in [6.07, 6.45) is 1.14. The maximum Gasteiger partial charge on any atom is 0.239 e. The van der Waals surface area contributed by atoms with Crippen LogP contribution in [0.5, 0.6) is 0 Å². The zero-order chi connectivity index (χ0) is 14.4. The molecule has 110 valence electrons. The summed E-state index contributed by atoms with van der Waals surface area (Å²) in [6, 6.07) is 9.51. The summed E-state index contributed by atoms with van der Waals surface area (Å²) in [7, 11) is 0. The minimum absolute atomic E-state index is 0.0531. The number of morpholine rings is 1. The van der Waals surface area contributed by atoms with Crippen LogP contribution in [-0.2, 0) is 16.0 Å². The number of aliphatic hydroxyl groups is 1. The van der Waals surface area contributed by atoms with E-state index in [1.165, 1.54) is 5.56 Å². The molecule has 0 aliphatic carbocycles. The molecule has 1 amide bonds. The van der Waals surface area contributed by atoms with Crippen LogP contribution >= 0.6 is 0 Å². The Balaban J connectivity index is 1.82. The molecule has 3 N–H and O–H groups in total. The Morgan fingerprint density at radius 3 is 2.90 bits per heavy atom. The molecule has 1 aromatic carbocycles. The topological polar surface area (TPSA) is 75.8 Å². The van der Waals surface area contributed by atoms with Gasteiger partial charge in [-0.1, -0.05) is 30.3 Å². The highest BCUT2D eigenvalue weighted by atomic mass is 16.5. The van der Waals surface area contributed by atoms with Gasteiger partial charge in [0, 0.05) is 13.1 Å².